The molecule has 0 atom stereocenters. The Balaban J connectivity index is 2.07. The minimum atomic E-state index is -0.0816. The molecule has 0 radical (unpaired) electrons. The van der Waals surface area contributed by atoms with Gasteiger partial charge < -0.3 is 5.32 Å². The molecule has 1 fully saturated rings. The molecule has 19 heavy (non-hydrogen) atoms. The second-order valence-electron chi connectivity index (χ2n) is 6.57. The molecule has 0 amide bonds. The summed E-state index contributed by atoms with van der Waals surface area (Å²) in [7, 11) is 0. The second-order valence-corrected chi connectivity index (χ2v) is 6.93. The van der Waals surface area contributed by atoms with Crippen LogP contribution in [0.25, 0.3) is 0 Å². The standard InChI is InChI=1S/C15H24ClN3/c1-10-12(16)18-14(15(2,3)4)19-13(10)17-9-8-11-6-5-7-11/h11H,5-9H2,1-4H3,(H,17,18,19). The zero-order valence-corrected chi connectivity index (χ0v) is 13.1. The molecule has 2 rings (SSSR count). The van der Waals surface area contributed by atoms with Gasteiger partial charge in [0.15, 0.2) is 0 Å². The van der Waals surface area contributed by atoms with Gasteiger partial charge in [-0.05, 0) is 19.3 Å². The predicted molar refractivity (Wildman–Crippen MR) is 80.9 cm³/mol. The molecule has 0 aliphatic heterocycles. The minimum Gasteiger partial charge on any atom is -0.370 e. The van der Waals surface area contributed by atoms with Crippen LogP contribution in [0, 0.1) is 12.8 Å². The predicted octanol–water partition coefficient (Wildman–Crippen LogP) is 4.34. The summed E-state index contributed by atoms with van der Waals surface area (Å²) in [4.78, 5) is 9.03. The molecular formula is C15H24ClN3. The van der Waals surface area contributed by atoms with Crippen LogP contribution in [0.5, 0.6) is 0 Å². The van der Waals surface area contributed by atoms with E-state index in [0.717, 1.165) is 29.7 Å². The molecule has 0 aromatic carbocycles. The second kappa shape index (κ2) is 5.66. The fourth-order valence-corrected chi connectivity index (χ4v) is 2.34. The lowest BCUT2D eigenvalue weighted by Crippen LogP contribution is -2.20. The van der Waals surface area contributed by atoms with E-state index in [2.05, 4.69) is 36.1 Å². The molecule has 1 heterocycles. The van der Waals surface area contributed by atoms with E-state index in [9.17, 15) is 0 Å². The fourth-order valence-electron chi connectivity index (χ4n) is 2.17. The van der Waals surface area contributed by atoms with Crippen molar-refractivity contribution in [1.82, 2.24) is 9.97 Å². The number of halogens is 1. The van der Waals surface area contributed by atoms with Crippen LogP contribution in [0.4, 0.5) is 5.82 Å². The molecule has 1 saturated carbocycles. The van der Waals surface area contributed by atoms with Crippen molar-refractivity contribution in [2.75, 3.05) is 11.9 Å². The highest BCUT2D eigenvalue weighted by molar-refractivity contribution is 6.30. The molecule has 1 aliphatic rings. The lowest BCUT2D eigenvalue weighted by atomic mass is 9.83. The van der Waals surface area contributed by atoms with Crippen molar-refractivity contribution >= 4 is 17.4 Å². The summed E-state index contributed by atoms with van der Waals surface area (Å²) in [5, 5.41) is 3.99. The third-order valence-corrected chi connectivity index (χ3v) is 4.19. The van der Waals surface area contributed by atoms with Crippen LogP contribution in [0.2, 0.25) is 5.15 Å². The summed E-state index contributed by atoms with van der Waals surface area (Å²) in [6.07, 6.45) is 5.40. The summed E-state index contributed by atoms with van der Waals surface area (Å²) in [5.74, 6) is 2.60. The Morgan fingerprint density at radius 2 is 1.95 bits per heavy atom. The summed E-state index contributed by atoms with van der Waals surface area (Å²) < 4.78 is 0. The topological polar surface area (TPSA) is 37.8 Å². The third kappa shape index (κ3) is 3.59. The van der Waals surface area contributed by atoms with E-state index in [0.29, 0.717) is 5.15 Å². The van der Waals surface area contributed by atoms with E-state index in [1.165, 1.54) is 25.7 Å². The highest BCUT2D eigenvalue weighted by Crippen LogP contribution is 2.30. The maximum Gasteiger partial charge on any atom is 0.137 e. The van der Waals surface area contributed by atoms with Gasteiger partial charge in [-0.2, -0.15) is 0 Å². The van der Waals surface area contributed by atoms with Gasteiger partial charge in [-0.25, -0.2) is 9.97 Å². The van der Waals surface area contributed by atoms with E-state index in [1.807, 2.05) is 6.92 Å². The fraction of sp³-hybridized carbons (Fsp3) is 0.733. The van der Waals surface area contributed by atoms with Crippen molar-refractivity contribution < 1.29 is 0 Å². The highest BCUT2D eigenvalue weighted by Gasteiger charge is 2.21. The Hall–Kier alpha value is -0.830. The molecule has 4 heteroatoms. The Kier molecular flexibility index (Phi) is 4.34. The maximum absolute atomic E-state index is 6.21. The Morgan fingerprint density at radius 1 is 1.26 bits per heavy atom. The number of hydrogen-bond donors (Lipinski definition) is 1. The quantitative estimate of drug-likeness (QED) is 0.835. The molecule has 0 bridgehead atoms. The monoisotopic (exact) mass is 281 g/mol. The SMILES string of the molecule is Cc1c(Cl)nc(C(C)(C)C)nc1NCCC1CCC1. The first-order valence-electron chi connectivity index (χ1n) is 7.16. The van der Waals surface area contributed by atoms with Crippen molar-refractivity contribution in [3.63, 3.8) is 0 Å². The summed E-state index contributed by atoms with van der Waals surface area (Å²) in [6.45, 7) is 9.26. The average molecular weight is 282 g/mol. The zero-order valence-electron chi connectivity index (χ0n) is 12.4. The first-order valence-corrected chi connectivity index (χ1v) is 7.54. The smallest absolute Gasteiger partial charge is 0.137 e. The minimum absolute atomic E-state index is 0.0816. The van der Waals surface area contributed by atoms with E-state index in [1.54, 1.807) is 0 Å². The summed E-state index contributed by atoms with van der Waals surface area (Å²) in [5.41, 5.74) is 0.866. The van der Waals surface area contributed by atoms with E-state index >= 15 is 0 Å². The van der Waals surface area contributed by atoms with Crippen molar-refractivity contribution in [1.29, 1.82) is 0 Å². The molecule has 1 aliphatic carbocycles. The number of hydrogen-bond acceptors (Lipinski definition) is 3. The van der Waals surface area contributed by atoms with Gasteiger partial charge in [-0.3, -0.25) is 0 Å². The normalized spacial score (nSPS) is 16.3. The molecule has 0 saturated heterocycles. The first kappa shape index (κ1) is 14.6. The van der Waals surface area contributed by atoms with Crippen LogP contribution >= 0.6 is 11.6 Å². The van der Waals surface area contributed by atoms with Crippen LogP contribution in [0.15, 0.2) is 0 Å². The van der Waals surface area contributed by atoms with Gasteiger partial charge >= 0.3 is 0 Å². The average Bonchev–Trinajstić information content (AvgIpc) is 2.25. The van der Waals surface area contributed by atoms with Gasteiger partial charge in [0.25, 0.3) is 0 Å². The molecule has 3 nitrogen and oxygen atoms in total. The largest absolute Gasteiger partial charge is 0.370 e. The first-order chi connectivity index (χ1) is 8.88. The molecule has 1 aromatic rings. The van der Waals surface area contributed by atoms with E-state index in [-0.39, 0.29) is 5.41 Å². The van der Waals surface area contributed by atoms with Crippen molar-refractivity contribution in [2.45, 2.75) is 58.8 Å². The number of anilines is 1. The molecule has 0 spiro atoms. The van der Waals surface area contributed by atoms with Crippen LogP contribution in [0.1, 0.15) is 57.8 Å². The van der Waals surface area contributed by atoms with Gasteiger partial charge in [-0.15, -0.1) is 0 Å². The van der Waals surface area contributed by atoms with Gasteiger partial charge in [0, 0.05) is 17.5 Å². The lowest BCUT2D eigenvalue weighted by molar-refractivity contribution is 0.303. The van der Waals surface area contributed by atoms with Crippen LogP contribution in [-0.2, 0) is 5.41 Å². The molecule has 106 valence electrons. The highest BCUT2D eigenvalue weighted by atomic mass is 35.5. The van der Waals surface area contributed by atoms with Gasteiger partial charge in [0.2, 0.25) is 0 Å². The van der Waals surface area contributed by atoms with E-state index < -0.39 is 0 Å². The number of nitrogens with zero attached hydrogens (tertiary/aromatic N) is 2. The molecule has 1 aromatic heterocycles. The Bertz CT molecular complexity index is 447. The number of rotatable bonds is 4. The summed E-state index contributed by atoms with van der Waals surface area (Å²) >= 11 is 6.21. The van der Waals surface area contributed by atoms with Gasteiger partial charge in [0.1, 0.15) is 16.8 Å². The molecule has 0 unspecified atom stereocenters. The van der Waals surface area contributed by atoms with Gasteiger partial charge in [0.05, 0.1) is 0 Å². The van der Waals surface area contributed by atoms with Gasteiger partial charge in [-0.1, -0.05) is 51.6 Å². The summed E-state index contributed by atoms with van der Waals surface area (Å²) in [6, 6.07) is 0. The Labute approximate surface area is 121 Å². The maximum atomic E-state index is 6.21. The van der Waals surface area contributed by atoms with E-state index in [4.69, 9.17) is 11.6 Å². The number of aromatic nitrogens is 2. The van der Waals surface area contributed by atoms with Crippen LogP contribution < -0.4 is 5.32 Å². The molecular weight excluding hydrogens is 258 g/mol. The zero-order chi connectivity index (χ0) is 14.0. The lowest BCUT2D eigenvalue weighted by Gasteiger charge is -2.25. The number of nitrogens with one attached hydrogen (secondary N) is 1. The van der Waals surface area contributed by atoms with Crippen molar-refractivity contribution in [2.24, 2.45) is 5.92 Å². The molecule has 1 N–H and O–H groups in total. The third-order valence-electron chi connectivity index (χ3n) is 3.83. The van der Waals surface area contributed by atoms with Crippen LogP contribution in [0.3, 0.4) is 0 Å². The van der Waals surface area contributed by atoms with Crippen LogP contribution in [-0.4, -0.2) is 16.5 Å². The van der Waals surface area contributed by atoms with Crippen molar-refractivity contribution in [3.05, 3.63) is 16.5 Å². The van der Waals surface area contributed by atoms with Crippen molar-refractivity contribution in [3.8, 4) is 0 Å². The Morgan fingerprint density at radius 3 is 2.47 bits per heavy atom.